The van der Waals surface area contributed by atoms with Crippen molar-refractivity contribution in [3.05, 3.63) is 130 Å². The number of benzene rings is 2. The van der Waals surface area contributed by atoms with E-state index in [9.17, 15) is 4.79 Å². The highest BCUT2D eigenvalue weighted by Gasteiger charge is 2.08. The number of carbonyl (C=O) groups is 1. The summed E-state index contributed by atoms with van der Waals surface area (Å²) in [5.41, 5.74) is 9.37. The summed E-state index contributed by atoms with van der Waals surface area (Å²) in [7, 11) is 0. The number of carbonyl (C=O) groups excluding carboxylic acids is 1. The van der Waals surface area contributed by atoms with Gasteiger partial charge in [-0.2, -0.15) is 15.6 Å². The van der Waals surface area contributed by atoms with Crippen molar-refractivity contribution < 1.29 is 4.79 Å². The number of nitriles is 2. The maximum Gasteiger partial charge on any atom is 0.177 e. The van der Waals surface area contributed by atoms with E-state index in [0.29, 0.717) is 28.9 Å². The molecule has 262 valence electrons. The molecular weight excluding hydrogens is 688 g/mol. The molecule has 13 nitrogen and oxygen atoms in total. The molecule has 0 atom stereocenters. The average molecular weight is 721 g/mol. The van der Waals surface area contributed by atoms with Crippen LogP contribution in [0.1, 0.15) is 68.7 Å². The molecular formula is C39H33ClN12O. The number of nitrogens with zero attached hydrogens (tertiary/aromatic N) is 12. The third-order valence-electron chi connectivity index (χ3n) is 8.00. The van der Waals surface area contributed by atoms with E-state index in [0.717, 1.165) is 73.8 Å². The second-order valence-corrected chi connectivity index (χ2v) is 11.8. The third kappa shape index (κ3) is 8.34. The fourth-order valence-corrected chi connectivity index (χ4v) is 5.21. The first-order valence-corrected chi connectivity index (χ1v) is 16.3. The van der Waals surface area contributed by atoms with E-state index in [1.54, 1.807) is 47.1 Å². The molecule has 0 saturated heterocycles. The van der Waals surface area contributed by atoms with Gasteiger partial charge in [-0.3, -0.25) is 14.8 Å². The van der Waals surface area contributed by atoms with E-state index >= 15 is 0 Å². The Bertz CT molecular complexity index is 2660. The molecule has 0 aliphatic rings. The largest absolute Gasteiger partial charge is 0.296 e. The Hall–Kier alpha value is -6.96. The van der Waals surface area contributed by atoms with Gasteiger partial charge < -0.3 is 0 Å². The van der Waals surface area contributed by atoms with Crippen LogP contribution in [0.3, 0.4) is 0 Å². The standard InChI is InChI=1S/C19H14N6.C11H6N2O.C9H12N4.ClH/c1-12-11-21-13(2)19-23-18(24-25(12)19)8-6-16-5-4-15-9-14(10-20)3-7-17(15)22-16;12-6-8-1-4-11-9(5-8)2-3-10(7-14)13-11;1-4-8-11-9-7(3)10-5-6(2)13(9)12-8;/h3-9,11H,1-2H3;1-5,7H;5H,4H2,1-3H3;1H/b8-6+;;;. The minimum absolute atomic E-state index is 0. The predicted molar refractivity (Wildman–Crippen MR) is 204 cm³/mol. The molecule has 14 heteroatoms. The molecule has 6 heterocycles. The van der Waals surface area contributed by atoms with E-state index in [2.05, 4.69) is 52.2 Å². The number of aldehydes is 1. The van der Waals surface area contributed by atoms with Crippen LogP contribution >= 0.6 is 12.4 Å². The molecule has 0 N–H and O–H groups in total. The Morgan fingerprint density at radius 1 is 0.660 bits per heavy atom. The number of hydrogen-bond donors (Lipinski definition) is 0. The van der Waals surface area contributed by atoms with Gasteiger partial charge in [0.05, 0.1) is 62.8 Å². The van der Waals surface area contributed by atoms with E-state index in [-0.39, 0.29) is 12.4 Å². The van der Waals surface area contributed by atoms with Gasteiger partial charge in [0.1, 0.15) is 5.69 Å². The monoisotopic (exact) mass is 720 g/mol. The van der Waals surface area contributed by atoms with Gasteiger partial charge in [-0.1, -0.05) is 19.1 Å². The molecule has 0 spiro atoms. The van der Waals surface area contributed by atoms with Gasteiger partial charge in [0, 0.05) is 29.6 Å². The molecule has 53 heavy (non-hydrogen) atoms. The highest BCUT2D eigenvalue weighted by Crippen LogP contribution is 2.17. The Labute approximate surface area is 310 Å². The molecule has 0 bridgehead atoms. The molecule has 0 saturated carbocycles. The van der Waals surface area contributed by atoms with E-state index in [1.165, 1.54) is 0 Å². The first kappa shape index (κ1) is 37.3. The van der Waals surface area contributed by atoms with Crippen LogP contribution in [0.25, 0.3) is 45.3 Å². The topological polar surface area (TPSA) is 177 Å². The highest BCUT2D eigenvalue weighted by molar-refractivity contribution is 5.85. The van der Waals surface area contributed by atoms with Crippen molar-refractivity contribution in [2.24, 2.45) is 0 Å². The minimum atomic E-state index is 0. The first-order chi connectivity index (χ1) is 25.2. The maximum atomic E-state index is 10.5. The molecule has 2 aromatic carbocycles. The quantitative estimate of drug-likeness (QED) is 0.171. The average Bonchev–Trinajstić information content (AvgIpc) is 3.84. The van der Waals surface area contributed by atoms with Gasteiger partial charge in [0.15, 0.2) is 29.2 Å². The van der Waals surface area contributed by atoms with E-state index in [4.69, 9.17) is 10.5 Å². The normalized spacial score (nSPS) is 10.6. The van der Waals surface area contributed by atoms with Crippen molar-refractivity contribution in [3.63, 3.8) is 0 Å². The summed E-state index contributed by atoms with van der Waals surface area (Å²) in [6.07, 6.45) is 8.88. The van der Waals surface area contributed by atoms with Gasteiger partial charge >= 0.3 is 0 Å². The van der Waals surface area contributed by atoms with E-state index < -0.39 is 0 Å². The Morgan fingerprint density at radius 2 is 1.19 bits per heavy atom. The number of hydrogen-bond acceptors (Lipinski definition) is 11. The number of fused-ring (bicyclic) bond motifs is 4. The zero-order valence-corrected chi connectivity index (χ0v) is 30.4. The van der Waals surface area contributed by atoms with Crippen molar-refractivity contribution in [3.8, 4) is 12.1 Å². The van der Waals surface area contributed by atoms with Gasteiger partial charge in [-0.25, -0.2) is 29.0 Å². The van der Waals surface area contributed by atoms with Gasteiger partial charge in [0.25, 0.3) is 0 Å². The Balaban J connectivity index is 0.000000165. The second-order valence-electron chi connectivity index (χ2n) is 11.8. The molecule has 8 rings (SSSR count). The third-order valence-corrected chi connectivity index (χ3v) is 8.00. The van der Waals surface area contributed by atoms with Crippen molar-refractivity contribution >= 4 is 63.9 Å². The lowest BCUT2D eigenvalue weighted by Gasteiger charge is -1.99. The summed E-state index contributed by atoms with van der Waals surface area (Å²) < 4.78 is 3.64. The van der Waals surface area contributed by atoms with Crippen LogP contribution in [0.4, 0.5) is 0 Å². The van der Waals surface area contributed by atoms with Crippen LogP contribution in [0.5, 0.6) is 0 Å². The van der Waals surface area contributed by atoms with Crippen LogP contribution in [0, 0.1) is 50.4 Å². The molecule has 8 aromatic rings. The molecule has 0 aliphatic carbocycles. The lowest BCUT2D eigenvalue weighted by atomic mass is 10.1. The van der Waals surface area contributed by atoms with Crippen LogP contribution in [-0.2, 0) is 6.42 Å². The van der Waals surface area contributed by atoms with Gasteiger partial charge in [-0.15, -0.1) is 17.5 Å². The molecule has 0 unspecified atom stereocenters. The number of aromatic nitrogens is 10. The second kappa shape index (κ2) is 16.4. The lowest BCUT2D eigenvalue weighted by molar-refractivity contribution is 0.111. The Morgan fingerprint density at radius 3 is 1.70 bits per heavy atom. The molecule has 0 aliphatic heterocycles. The summed E-state index contributed by atoms with van der Waals surface area (Å²) >= 11 is 0. The van der Waals surface area contributed by atoms with Crippen LogP contribution in [0.15, 0.2) is 73.1 Å². The molecule has 0 amide bonds. The summed E-state index contributed by atoms with van der Waals surface area (Å²) in [5.74, 6) is 1.49. The number of aryl methyl sites for hydroxylation is 5. The summed E-state index contributed by atoms with van der Waals surface area (Å²) in [4.78, 5) is 36.6. The van der Waals surface area contributed by atoms with Crippen molar-refractivity contribution in [2.75, 3.05) is 0 Å². The highest BCUT2D eigenvalue weighted by atomic mass is 35.5. The molecule has 6 aromatic heterocycles. The fraction of sp³-hybridized carbons (Fsp3) is 0.154. The first-order valence-electron chi connectivity index (χ1n) is 16.3. The Kier molecular flexibility index (Phi) is 11.5. The lowest BCUT2D eigenvalue weighted by Crippen LogP contribution is -1.97. The van der Waals surface area contributed by atoms with Crippen LogP contribution in [-0.4, -0.2) is 55.4 Å². The summed E-state index contributed by atoms with van der Waals surface area (Å²) in [6.45, 7) is 9.84. The van der Waals surface area contributed by atoms with Gasteiger partial charge in [-0.05, 0) is 88.4 Å². The zero-order valence-electron chi connectivity index (χ0n) is 29.6. The van der Waals surface area contributed by atoms with Crippen molar-refractivity contribution in [1.29, 1.82) is 10.5 Å². The minimum Gasteiger partial charge on any atom is -0.296 e. The maximum absolute atomic E-state index is 10.5. The van der Waals surface area contributed by atoms with Gasteiger partial charge in [0.2, 0.25) is 0 Å². The van der Waals surface area contributed by atoms with Crippen LogP contribution < -0.4 is 0 Å². The van der Waals surface area contributed by atoms with Crippen LogP contribution in [0.2, 0.25) is 0 Å². The smallest absolute Gasteiger partial charge is 0.177 e. The van der Waals surface area contributed by atoms with Crippen molar-refractivity contribution in [1.82, 2.24) is 49.1 Å². The number of rotatable bonds is 4. The van der Waals surface area contributed by atoms with E-state index in [1.807, 2.05) is 81.7 Å². The number of halogens is 1. The SMILES string of the molecule is CCc1nc2c(C)ncc(C)n2n1.Cc1ncc(C)n2nc(/C=C/c3ccc4cc(C#N)ccc4n3)nc12.Cl.N#Cc1ccc2nc(C=O)ccc2c1. The predicted octanol–water partition coefficient (Wildman–Crippen LogP) is 6.98. The fourth-order valence-electron chi connectivity index (χ4n) is 5.21. The zero-order chi connectivity index (χ0) is 36.8. The molecule has 0 fully saturated rings. The summed E-state index contributed by atoms with van der Waals surface area (Å²) in [5, 5.41) is 28.3. The summed E-state index contributed by atoms with van der Waals surface area (Å²) in [6, 6.07) is 22.1. The molecule has 0 radical (unpaired) electrons. The number of pyridine rings is 2. The van der Waals surface area contributed by atoms with Crippen molar-refractivity contribution in [2.45, 2.75) is 41.0 Å².